The number of carbonyl (C=O) groups is 1. The van der Waals surface area contributed by atoms with E-state index < -0.39 is 0 Å². The summed E-state index contributed by atoms with van der Waals surface area (Å²) in [5.41, 5.74) is 0.780. The Hall–Kier alpha value is -1.22. The molecule has 1 aliphatic heterocycles. The number of carbonyl (C=O) groups excluding carboxylic acids is 1. The van der Waals surface area contributed by atoms with Crippen LogP contribution in [0.2, 0.25) is 5.02 Å². The van der Waals surface area contributed by atoms with Gasteiger partial charge in [-0.2, -0.15) is 0 Å². The van der Waals surface area contributed by atoms with E-state index in [4.69, 9.17) is 11.6 Å². The lowest BCUT2D eigenvalue weighted by molar-refractivity contribution is -0.128. The zero-order valence-corrected chi connectivity index (χ0v) is 19.6. The lowest BCUT2D eigenvalue weighted by atomic mass is 9.96. The van der Waals surface area contributed by atoms with Crippen LogP contribution in [0.1, 0.15) is 27.2 Å². The fourth-order valence-electron chi connectivity index (χ4n) is 2.80. The summed E-state index contributed by atoms with van der Waals surface area (Å²) in [6.45, 7) is 8.80. The van der Waals surface area contributed by atoms with E-state index >= 15 is 0 Å². The Morgan fingerprint density at radius 3 is 2.63 bits per heavy atom. The molecule has 0 saturated carbocycles. The topological polar surface area (TPSA) is 68.8 Å². The van der Waals surface area contributed by atoms with Crippen LogP contribution >= 0.6 is 35.6 Å². The first-order valence-corrected chi connectivity index (χ1v) is 9.43. The number of guanidine groups is 1. The molecule has 1 aromatic carbocycles. The van der Waals surface area contributed by atoms with Crippen molar-refractivity contribution in [3.05, 3.63) is 29.3 Å². The van der Waals surface area contributed by atoms with Crippen molar-refractivity contribution in [2.24, 2.45) is 10.4 Å². The van der Waals surface area contributed by atoms with Crippen molar-refractivity contribution in [2.45, 2.75) is 33.2 Å². The summed E-state index contributed by atoms with van der Waals surface area (Å²) >= 11 is 6.09. The van der Waals surface area contributed by atoms with Gasteiger partial charge in [-0.25, -0.2) is 0 Å². The molecule has 2 rings (SSSR count). The summed E-state index contributed by atoms with van der Waals surface area (Å²) in [5, 5.41) is 10.4. The van der Waals surface area contributed by atoms with Crippen LogP contribution in [0.5, 0.6) is 0 Å². The highest BCUT2D eigenvalue weighted by Crippen LogP contribution is 2.23. The van der Waals surface area contributed by atoms with Crippen molar-refractivity contribution in [1.29, 1.82) is 0 Å². The van der Waals surface area contributed by atoms with Crippen molar-refractivity contribution in [3.63, 3.8) is 0 Å². The first kappa shape index (κ1) is 23.8. The van der Waals surface area contributed by atoms with E-state index in [-0.39, 0.29) is 35.3 Å². The van der Waals surface area contributed by atoms with Gasteiger partial charge in [-0.05, 0) is 24.6 Å². The Morgan fingerprint density at radius 2 is 2.00 bits per heavy atom. The number of rotatable bonds is 5. The number of nitrogens with zero attached hydrogens (tertiary/aromatic N) is 2. The van der Waals surface area contributed by atoms with Crippen LogP contribution in [0.15, 0.2) is 29.3 Å². The van der Waals surface area contributed by atoms with Crippen molar-refractivity contribution in [2.75, 3.05) is 38.1 Å². The standard InChI is InChI=1S/C19H30ClN5O.HI/c1-19(2,3)17(26)22-9-10-23-18(21-4)24-15-8-11-25(13-15)16-7-5-6-14(20)12-16;/h5-7,12,15H,8-11,13H2,1-4H3,(H,22,26)(H2,21,23,24);1H. The number of aliphatic imine (C=N–C) groups is 1. The van der Waals surface area contributed by atoms with Gasteiger partial charge < -0.3 is 20.9 Å². The van der Waals surface area contributed by atoms with Gasteiger partial charge in [0, 0.05) is 55.4 Å². The van der Waals surface area contributed by atoms with E-state index in [1.54, 1.807) is 7.05 Å². The van der Waals surface area contributed by atoms with Crippen LogP contribution in [0.3, 0.4) is 0 Å². The summed E-state index contributed by atoms with van der Waals surface area (Å²) in [5.74, 6) is 0.808. The van der Waals surface area contributed by atoms with Crippen LogP contribution in [-0.4, -0.2) is 51.1 Å². The maximum Gasteiger partial charge on any atom is 0.225 e. The number of nitrogens with one attached hydrogen (secondary N) is 3. The minimum Gasteiger partial charge on any atom is -0.369 e. The van der Waals surface area contributed by atoms with E-state index in [1.165, 1.54) is 0 Å². The number of hydrogen-bond acceptors (Lipinski definition) is 3. The molecule has 8 heteroatoms. The molecule has 3 N–H and O–H groups in total. The van der Waals surface area contributed by atoms with Crippen molar-refractivity contribution >= 4 is 53.1 Å². The summed E-state index contributed by atoms with van der Waals surface area (Å²) < 4.78 is 0. The van der Waals surface area contributed by atoms with Crippen molar-refractivity contribution < 1.29 is 4.79 Å². The third-order valence-electron chi connectivity index (χ3n) is 4.31. The second-order valence-corrected chi connectivity index (χ2v) is 8.00. The van der Waals surface area contributed by atoms with Gasteiger partial charge in [0.05, 0.1) is 0 Å². The van der Waals surface area contributed by atoms with Crippen molar-refractivity contribution in [1.82, 2.24) is 16.0 Å². The maximum atomic E-state index is 11.9. The van der Waals surface area contributed by atoms with E-state index in [1.807, 2.05) is 39.0 Å². The molecule has 1 atom stereocenters. The molecule has 1 aromatic rings. The van der Waals surface area contributed by atoms with Gasteiger partial charge in [0.2, 0.25) is 5.91 Å². The van der Waals surface area contributed by atoms with Gasteiger partial charge in [0.25, 0.3) is 0 Å². The largest absolute Gasteiger partial charge is 0.369 e. The molecule has 0 aromatic heterocycles. The predicted octanol–water partition coefficient (Wildman–Crippen LogP) is 2.86. The Labute approximate surface area is 184 Å². The highest BCUT2D eigenvalue weighted by atomic mass is 127. The molecule has 152 valence electrons. The molecule has 27 heavy (non-hydrogen) atoms. The van der Waals surface area contributed by atoms with Crippen molar-refractivity contribution in [3.8, 4) is 0 Å². The van der Waals surface area contributed by atoms with Gasteiger partial charge in [-0.3, -0.25) is 9.79 Å². The first-order chi connectivity index (χ1) is 12.3. The zero-order chi connectivity index (χ0) is 19.2. The van der Waals surface area contributed by atoms with Gasteiger partial charge >= 0.3 is 0 Å². The normalized spacial score (nSPS) is 17.3. The molecule has 1 heterocycles. The van der Waals surface area contributed by atoms with E-state index in [0.717, 1.165) is 36.2 Å². The SMILES string of the molecule is CN=C(NCCNC(=O)C(C)(C)C)NC1CCN(c2cccc(Cl)c2)C1.I. The van der Waals surface area contributed by atoms with Crippen LogP contribution < -0.4 is 20.9 Å². The number of hydrogen-bond donors (Lipinski definition) is 3. The molecule has 0 radical (unpaired) electrons. The highest BCUT2D eigenvalue weighted by molar-refractivity contribution is 14.0. The quantitative estimate of drug-likeness (QED) is 0.248. The van der Waals surface area contributed by atoms with Gasteiger partial charge in [0.1, 0.15) is 0 Å². The Balaban J connectivity index is 0.00000364. The molecule has 1 unspecified atom stereocenters. The molecule has 1 saturated heterocycles. The Bertz CT molecular complexity index is 647. The molecular formula is C19H31ClIN5O. The van der Waals surface area contributed by atoms with E-state index in [2.05, 4.69) is 31.9 Å². The summed E-state index contributed by atoms with van der Waals surface area (Å²) in [6.07, 6.45) is 1.04. The van der Waals surface area contributed by atoms with Gasteiger partial charge in [0.15, 0.2) is 5.96 Å². The number of amides is 1. The molecule has 0 spiro atoms. The second-order valence-electron chi connectivity index (χ2n) is 7.56. The zero-order valence-electron chi connectivity index (χ0n) is 16.5. The molecule has 1 fully saturated rings. The Morgan fingerprint density at radius 1 is 1.30 bits per heavy atom. The molecule has 0 bridgehead atoms. The fraction of sp³-hybridized carbons (Fsp3) is 0.579. The third-order valence-corrected chi connectivity index (χ3v) is 4.55. The number of halogens is 2. The van der Waals surface area contributed by atoms with E-state index in [0.29, 0.717) is 19.1 Å². The lowest BCUT2D eigenvalue weighted by Gasteiger charge is -2.21. The van der Waals surface area contributed by atoms with Crippen LogP contribution in [0.25, 0.3) is 0 Å². The minimum atomic E-state index is -0.367. The Kier molecular flexibility index (Phi) is 9.66. The van der Waals surface area contributed by atoms with Crippen LogP contribution in [-0.2, 0) is 4.79 Å². The van der Waals surface area contributed by atoms with Gasteiger partial charge in [-0.1, -0.05) is 38.4 Å². The van der Waals surface area contributed by atoms with E-state index in [9.17, 15) is 4.79 Å². The lowest BCUT2D eigenvalue weighted by Crippen LogP contribution is -2.47. The molecule has 6 nitrogen and oxygen atoms in total. The number of anilines is 1. The maximum absolute atomic E-state index is 11.9. The molecule has 1 aliphatic rings. The fourth-order valence-corrected chi connectivity index (χ4v) is 2.98. The molecule has 0 aliphatic carbocycles. The highest BCUT2D eigenvalue weighted by Gasteiger charge is 2.24. The van der Waals surface area contributed by atoms with Crippen LogP contribution in [0, 0.1) is 5.41 Å². The molecule has 1 amide bonds. The summed E-state index contributed by atoms with van der Waals surface area (Å²) in [6, 6.07) is 8.27. The average molecular weight is 508 g/mol. The summed E-state index contributed by atoms with van der Waals surface area (Å²) in [7, 11) is 1.76. The van der Waals surface area contributed by atoms with Gasteiger partial charge in [-0.15, -0.1) is 24.0 Å². The monoisotopic (exact) mass is 507 g/mol. The first-order valence-electron chi connectivity index (χ1n) is 9.05. The summed E-state index contributed by atoms with van der Waals surface area (Å²) in [4.78, 5) is 18.4. The molecular weight excluding hydrogens is 477 g/mol. The second kappa shape index (κ2) is 10.9. The average Bonchev–Trinajstić information content (AvgIpc) is 3.05. The predicted molar refractivity (Wildman–Crippen MR) is 124 cm³/mol. The third kappa shape index (κ3) is 7.73. The smallest absolute Gasteiger partial charge is 0.225 e. The van der Waals surface area contributed by atoms with Crippen LogP contribution in [0.4, 0.5) is 5.69 Å². The minimum absolute atomic E-state index is 0. The number of benzene rings is 1.